The van der Waals surface area contributed by atoms with E-state index >= 15 is 0 Å². The van der Waals surface area contributed by atoms with Gasteiger partial charge in [-0.2, -0.15) is 0 Å². The molecule has 3 aromatic rings. The number of fused-ring (bicyclic) bond motifs is 1. The zero-order chi connectivity index (χ0) is 14.8. The molecule has 0 unspecified atom stereocenters. The van der Waals surface area contributed by atoms with Crippen LogP contribution in [0.25, 0.3) is 11.0 Å². The summed E-state index contributed by atoms with van der Waals surface area (Å²) in [5.41, 5.74) is 8.63. The Morgan fingerprint density at radius 1 is 1.05 bits per heavy atom. The number of amides is 1. The summed E-state index contributed by atoms with van der Waals surface area (Å²) in [5.74, 6) is -0.264. The van der Waals surface area contributed by atoms with Crippen molar-refractivity contribution >= 4 is 39.9 Å². The van der Waals surface area contributed by atoms with Crippen LogP contribution in [0.15, 0.2) is 48.8 Å². The highest BCUT2D eigenvalue weighted by molar-refractivity contribution is 6.33. The van der Waals surface area contributed by atoms with Crippen molar-refractivity contribution in [3.05, 3.63) is 59.4 Å². The maximum atomic E-state index is 12.2. The molecule has 3 rings (SSSR count). The first-order chi connectivity index (χ1) is 10.1. The molecule has 2 aromatic carbocycles. The summed E-state index contributed by atoms with van der Waals surface area (Å²) in [7, 11) is 0. The van der Waals surface area contributed by atoms with Gasteiger partial charge in [-0.3, -0.25) is 14.8 Å². The summed E-state index contributed by atoms with van der Waals surface area (Å²) in [6.07, 6.45) is 3.23. The van der Waals surface area contributed by atoms with Crippen LogP contribution in [-0.2, 0) is 0 Å². The normalized spacial score (nSPS) is 10.5. The lowest BCUT2D eigenvalue weighted by molar-refractivity contribution is 0.102. The average molecular weight is 299 g/mol. The lowest BCUT2D eigenvalue weighted by Crippen LogP contribution is -2.12. The minimum absolute atomic E-state index is 0.264. The Hall–Kier alpha value is -2.66. The van der Waals surface area contributed by atoms with E-state index in [1.54, 1.807) is 42.7 Å². The zero-order valence-electron chi connectivity index (χ0n) is 10.9. The second-order valence-corrected chi connectivity index (χ2v) is 4.86. The Bertz CT molecular complexity index is 835. The number of nitrogen functional groups attached to an aromatic ring is 1. The predicted octanol–water partition coefficient (Wildman–Crippen LogP) is 3.12. The largest absolute Gasteiger partial charge is 0.398 e. The second kappa shape index (κ2) is 5.38. The van der Waals surface area contributed by atoms with Gasteiger partial charge in [0.1, 0.15) is 0 Å². The summed E-state index contributed by atoms with van der Waals surface area (Å²) in [5, 5.41) is 3.14. The number of hydrogen-bond acceptors (Lipinski definition) is 4. The highest BCUT2D eigenvalue weighted by Crippen LogP contribution is 2.21. The second-order valence-electron chi connectivity index (χ2n) is 4.45. The van der Waals surface area contributed by atoms with Crippen LogP contribution in [0.5, 0.6) is 0 Å². The third-order valence-electron chi connectivity index (χ3n) is 2.99. The topological polar surface area (TPSA) is 80.9 Å². The quantitative estimate of drug-likeness (QED) is 0.712. The SMILES string of the molecule is Nc1ccc(C(=O)Nc2ccc3nccnc3c2)cc1Cl. The van der Waals surface area contributed by atoms with Crippen molar-refractivity contribution in [3.63, 3.8) is 0 Å². The van der Waals surface area contributed by atoms with Crippen LogP contribution in [0.1, 0.15) is 10.4 Å². The first-order valence-electron chi connectivity index (χ1n) is 6.20. The Morgan fingerprint density at radius 2 is 1.81 bits per heavy atom. The molecule has 1 heterocycles. The molecule has 0 saturated heterocycles. The van der Waals surface area contributed by atoms with Crippen LogP contribution in [-0.4, -0.2) is 15.9 Å². The highest BCUT2D eigenvalue weighted by atomic mass is 35.5. The molecule has 0 radical (unpaired) electrons. The number of anilines is 2. The van der Waals surface area contributed by atoms with Gasteiger partial charge in [0.05, 0.1) is 21.7 Å². The number of carbonyl (C=O) groups excluding carboxylic acids is 1. The van der Waals surface area contributed by atoms with E-state index in [9.17, 15) is 4.79 Å². The molecule has 0 fully saturated rings. The Labute approximate surface area is 125 Å². The van der Waals surface area contributed by atoms with E-state index in [1.807, 2.05) is 0 Å². The molecule has 21 heavy (non-hydrogen) atoms. The van der Waals surface area contributed by atoms with Crippen LogP contribution in [0.3, 0.4) is 0 Å². The number of hydrogen-bond donors (Lipinski definition) is 2. The summed E-state index contributed by atoms with van der Waals surface area (Å²) < 4.78 is 0. The van der Waals surface area contributed by atoms with Gasteiger partial charge in [-0.1, -0.05) is 11.6 Å². The standard InChI is InChI=1S/C15H11ClN4O/c16-11-7-9(1-3-12(11)17)15(21)20-10-2-4-13-14(8-10)19-6-5-18-13/h1-8H,17H2,(H,20,21). The van der Waals surface area contributed by atoms with Gasteiger partial charge in [0, 0.05) is 23.6 Å². The fourth-order valence-corrected chi connectivity index (χ4v) is 2.09. The van der Waals surface area contributed by atoms with Gasteiger partial charge in [-0.25, -0.2) is 0 Å². The van der Waals surface area contributed by atoms with Crippen LogP contribution in [0, 0.1) is 0 Å². The van der Waals surface area contributed by atoms with E-state index in [2.05, 4.69) is 15.3 Å². The van der Waals surface area contributed by atoms with E-state index in [0.717, 1.165) is 5.52 Å². The maximum Gasteiger partial charge on any atom is 0.255 e. The number of halogens is 1. The number of nitrogens with one attached hydrogen (secondary N) is 1. The van der Waals surface area contributed by atoms with E-state index in [0.29, 0.717) is 27.5 Å². The van der Waals surface area contributed by atoms with Gasteiger partial charge in [-0.15, -0.1) is 0 Å². The lowest BCUT2D eigenvalue weighted by atomic mass is 10.2. The molecule has 0 spiro atoms. The highest BCUT2D eigenvalue weighted by Gasteiger charge is 2.08. The fraction of sp³-hybridized carbons (Fsp3) is 0. The molecule has 0 saturated carbocycles. The summed E-state index contributed by atoms with van der Waals surface area (Å²) >= 11 is 5.92. The van der Waals surface area contributed by atoms with E-state index < -0.39 is 0 Å². The molecule has 6 heteroatoms. The van der Waals surface area contributed by atoms with E-state index in [1.165, 1.54) is 6.07 Å². The molecule has 1 amide bonds. The molecular weight excluding hydrogens is 288 g/mol. The number of aromatic nitrogens is 2. The Morgan fingerprint density at radius 3 is 2.57 bits per heavy atom. The number of nitrogens with zero attached hydrogens (tertiary/aromatic N) is 2. The monoisotopic (exact) mass is 298 g/mol. The lowest BCUT2D eigenvalue weighted by Gasteiger charge is -2.07. The molecule has 1 aromatic heterocycles. The number of rotatable bonds is 2. The minimum Gasteiger partial charge on any atom is -0.398 e. The van der Waals surface area contributed by atoms with Crippen molar-refractivity contribution in [2.75, 3.05) is 11.1 Å². The van der Waals surface area contributed by atoms with E-state index in [4.69, 9.17) is 17.3 Å². The van der Waals surface area contributed by atoms with Crippen LogP contribution in [0.4, 0.5) is 11.4 Å². The molecule has 0 aliphatic carbocycles. The molecule has 104 valence electrons. The summed E-state index contributed by atoms with van der Waals surface area (Å²) in [6, 6.07) is 10.1. The molecule has 0 atom stereocenters. The van der Waals surface area contributed by atoms with Crippen molar-refractivity contribution in [2.45, 2.75) is 0 Å². The first-order valence-corrected chi connectivity index (χ1v) is 6.58. The van der Waals surface area contributed by atoms with Crippen molar-refractivity contribution in [1.82, 2.24) is 9.97 Å². The summed E-state index contributed by atoms with van der Waals surface area (Å²) in [6.45, 7) is 0. The van der Waals surface area contributed by atoms with Crippen LogP contribution in [0.2, 0.25) is 5.02 Å². The van der Waals surface area contributed by atoms with Gasteiger partial charge in [0.25, 0.3) is 5.91 Å². The van der Waals surface area contributed by atoms with Gasteiger partial charge in [0.2, 0.25) is 0 Å². The van der Waals surface area contributed by atoms with Crippen molar-refractivity contribution in [2.24, 2.45) is 0 Å². The van der Waals surface area contributed by atoms with Gasteiger partial charge in [-0.05, 0) is 36.4 Å². The molecule has 5 nitrogen and oxygen atoms in total. The van der Waals surface area contributed by atoms with Gasteiger partial charge in [0.15, 0.2) is 0 Å². The first kappa shape index (κ1) is 13.3. The third-order valence-corrected chi connectivity index (χ3v) is 3.32. The fourth-order valence-electron chi connectivity index (χ4n) is 1.91. The zero-order valence-corrected chi connectivity index (χ0v) is 11.6. The smallest absolute Gasteiger partial charge is 0.255 e. The minimum atomic E-state index is -0.264. The van der Waals surface area contributed by atoms with Crippen molar-refractivity contribution in [3.8, 4) is 0 Å². The molecule has 3 N–H and O–H groups in total. The Kier molecular flexibility index (Phi) is 3.41. The number of nitrogens with two attached hydrogens (primary N) is 1. The van der Waals surface area contributed by atoms with Crippen molar-refractivity contribution < 1.29 is 4.79 Å². The molecule has 0 bridgehead atoms. The predicted molar refractivity (Wildman–Crippen MR) is 83.4 cm³/mol. The molecule has 0 aliphatic rings. The Balaban J connectivity index is 1.87. The summed E-state index contributed by atoms with van der Waals surface area (Å²) in [4.78, 5) is 20.5. The maximum absolute atomic E-state index is 12.2. The molecular formula is C15H11ClN4O. The van der Waals surface area contributed by atoms with Crippen LogP contribution < -0.4 is 11.1 Å². The van der Waals surface area contributed by atoms with Gasteiger partial charge >= 0.3 is 0 Å². The van der Waals surface area contributed by atoms with Crippen molar-refractivity contribution in [1.29, 1.82) is 0 Å². The third kappa shape index (κ3) is 2.78. The average Bonchev–Trinajstić information content (AvgIpc) is 2.50. The van der Waals surface area contributed by atoms with Gasteiger partial charge < -0.3 is 11.1 Å². The molecule has 0 aliphatic heterocycles. The van der Waals surface area contributed by atoms with E-state index in [-0.39, 0.29) is 5.91 Å². The number of carbonyl (C=O) groups is 1. The number of benzene rings is 2. The van der Waals surface area contributed by atoms with Crippen LogP contribution >= 0.6 is 11.6 Å².